The lowest BCUT2D eigenvalue weighted by Crippen LogP contribution is -2.59. The summed E-state index contributed by atoms with van der Waals surface area (Å²) in [6, 6.07) is 12.2. The highest BCUT2D eigenvalue weighted by Gasteiger charge is 2.45. The van der Waals surface area contributed by atoms with Crippen molar-refractivity contribution >= 4 is 0 Å². The second-order valence-corrected chi connectivity index (χ2v) is 8.36. The second kappa shape index (κ2) is 7.68. The van der Waals surface area contributed by atoms with Gasteiger partial charge in [0.1, 0.15) is 5.75 Å². The maximum Gasteiger partial charge on any atom is 0.266 e. The molecule has 4 rings (SSSR count). The van der Waals surface area contributed by atoms with Gasteiger partial charge in [-0.15, -0.1) is 0 Å². The predicted octanol–water partition coefficient (Wildman–Crippen LogP) is 2.51. The molecule has 2 saturated heterocycles. The number of hydrogen-bond donors (Lipinski definition) is 1. The normalized spacial score (nSPS) is 27.5. The van der Waals surface area contributed by atoms with E-state index in [0.717, 1.165) is 30.8 Å². The molecule has 0 spiro atoms. The van der Waals surface area contributed by atoms with Crippen molar-refractivity contribution in [1.29, 1.82) is 0 Å². The van der Waals surface area contributed by atoms with E-state index in [1.807, 2.05) is 19.1 Å². The molecule has 2 aliphatic rings. The number of rotatable bonds is 5. The summed E-state index contributed by atoms with van der Waals surface area (Å²) < 4.78 is 6.69. The molecule has 3 atom stereocenters. The molecule has 2 bridgehead atoms. The van der Waals surface area contributed by atoms with Crippen LogP contribution in [-0.2, 0) is 13.1 Å². The van der Waals surface area contributed by atoms with Crippen molar-refractivity contribution in [3.63, 3.8) is 0 Å². The van der Waals surface area contributed by atoms with Crippen LogP contribution in [0.5, 0.6) is 5.75 Å². The largest absolute Gasteiger partial charge is 0.497 e. The van der Waals surface area contributed by atoms with Crippen LogP contribution in [0.25, 0.3) is 0 Å². The number of aryl methyl sites for hydroxylation is 1. The van der Waals surface area contributed by atoms with Gasteiger partial charge in [0.25, 0.3) is 5.56 Å². The Kier molecular flexibility index (Phi) is 5.25. The van der Waals surface area contributed by atoms with Crippen molar-refractivity contribution in [2.45, 2.75) is 69.8 Å². The standard InChI is InChI=1S/C22H29N3O3/c1-16-6-11-21(26)25(23-16)15-22(27)12-18-4-3-5-19(13-22)24(18)14-17-7-9-20(28-2)10-8-17/h6-11,18-19,27H,3-5,12-15H2,1-2H3/t18-,19+,22?. The van der Waals surface area contributed by atoms with Crippen LogP contribution >= 0.6 is 0 Å². The summed E-state index contributed by atoms with van der Waals surface area (Å²) in [5, 5.41) is 15.7. The first-order chi connectivity index (χ1) is 13.5. The smallest absolute Gasteiger partial charge is 0.266 e. The van der Waals surface area contributed by atoms with Crippen molar-refractivity contribution in [3.8, 4) is 5.75 Å². The molecule has 2 fully saturated rings. The maximum absolute atomic E-state index is 12.2. The monoisotopic (exact) mass is 383 g/mol. The van der Waals surface area contributed by atoms with E-state index in [2.05, 4.69) is 22.1 Å². The summed E-state index contributed by atoms with van der Waals surface area (Å²) in [7, 11) is 1.68. The molecule has 1 aromatic heterocycles. The van der Waals surface area contributed by atoms with Crippen molar-refractivity contribution in [1.82, 2.24) is 14.7 Å². The highest BCUT2D eigenvalue weighted by molar-refractivity contribution is 5.27. The average molecular weight is 383 g/mol. The lowest BCUT2D eigenvalue weighted by Gasteiger charge is -2.52. The number of piperidine rings is 2. The number of nitrogens with zero attached hydrogens (tertiary/aromatic N) is 3. The number of benzene rings is 1. The Morgan fingerprint density at radius 3 is 2.46 bits per heavy atom. The van der Waals surface area contributed by atoms with E-state index < -0.39 is 5.60 Å². The van der Waals surface area contributed by atoms with Crippen LogP contribution in [0.1, 0.15) is 43.4 Å². The molecule has 0 aliphatic carbocycles. The van der Waals surface area contributed by atoms with Crippen LogP contribution in [0.15, 0.2) is 41.2 Å². The summed E-state index contributed by atoms with van der Waals surface area (Å²) in [5.74, 6) is 0.869. The number of aliphatic hydroxyl groups is 1. The molecule has 150 valence electrons. The van der Waals surface area contributed by atoms with Crippen LogP contribution in [0.2, 0.25) is 0 Å². The van der Waals surface area contributed by atoms with E-state index >= 15 is 0 Å². The molecule has 0 saturated carbocycles. The first kappa shape index (κ1) is 19.2. The Morgan fingerprint density at radius 1 is 1.14 bits per heavy atom. The van der Waals surface area contributed by atoms with Gasteiger partial charge in [-0.2, -0.15) is 5.10 Å². The minimum absolute atomic E-state index is 0.148. The van der Waals surface area contributed by atoms with E-state index in [9.17, 15) is 9.90 Å². The summed E-state index contributed by atoms with van der Waals surface area (Å²) >= 11 is 0. The van der Waals surface area contributed by atoms with Gasteiger partial charge in [-0.1, -0.05) is 18.6 Å². The molecule has 0 radical (unpaired) electrons. The SMILES string of the molecule is COc1ccc(CN2[C@@H]3CCC[C@H]2CC(O)(Cn2nc(C)ccc2=O)C3)cc1. The molecular weight excluding hydrogens is 354 g/mol. The van der Waals surface area contributed by atoms with Gasteiger partial charge in [0, 0.05) is 24.7 Å². The molecule has 28 heavy (non-hydrogen) atoms. The quantitative estimate of drug-likeness (QED) is 0.859. The lowest BCUT2D eigenvalue weighted by atomic mass is 9.75. The van der Waals surface area contributed by atoms with E-state index in [-0.39, 0.29) is 12.1 Å². The minimum atomic E-state index is -0.878. The number of ether oxygens (including phenoxy) is 1. The second-order valence-electron chi connectivity index (χ2n) is 8.36. The zero-order valence-corrected chi connectivity index (χ0v) is 16.7. The van der Waals surface area contributed by atoms with Crippen LogP contribution < -0.4 is 10.3 Å². The predicted molar refractivity (Wildman–Crippen MR) is 107 cm³/mol. The zero-order chi connectivity index (χ0) is 19.7. The minimum Gasteiger partial charge on any atom is -0.497 e. The molecule has 3 heterocycles. The van der Waals surface area contributed by atoms with Gasteiger partial charge in [0.05, 0.1) is 24.9 Å². The Bertz CT molecular complexity index is 863. The van der Waals surface area contributed by atoms with Crippen molar-refractivity contribution in [2.75, 3.05) is 7.11 Å². The van der Waals surface area contributed by atoms with Gasteiger partial charge in [-0.05, 0) is 56.4 Å². The lowest BCUT2D eigenvalue weighted by molar-refractivity contribution is -0.105. The number of fused-ring (bicyclic) bond motifs is 2. The molecule has 6 nitrogen and oxygen atoms in total. The highest BCUT2D eigenvalue weighted by atomic mass is 16.5. The Hall–Kier alpha value is -2.18. The van der Waals surface area contributed by atoms with Crippen molar-refractivity contribution in [3.05, 3.63) is 58.0 Å². The molecule has 1 N–H and O–H groups in total. The molecule has 6 heteroatoms. The first-order valence-electron chi connectivity index (χ1n) is 10.1. The Labute approximate surface area is 165 Å². The van der Waals surface area contributed by atoms with Gasteiger partial charge in [-0.25, -0.2) is 4.68 Å². The van der Waals surface area contributed by atoms with Crippen LogP contribution in [0.4, 0.5) is 0 Å². The summed E-state index contributed by atoms with van der Waals surface area (Å²) in [6.07, 6.45) is 4.74. The first-order valence-corrected chi connectivity index (χ1v) is 10.1. The number of methoxy groups -OCH3 is 1. The average Bonchev–Trinajstić information content (AvgIpc) is 2.66. The van der Waals surface area contributed by atoms with Crippen LogP contribution in [0, 0.1) is 6.92 Å². The summed E-state index contributed by atoms with van der Waals surface area (Å²) in [4.78, 5) is 14.7. The van der Waals surface area contributed by atoms with E-state index in [4.69, 9.17) is 4.74 Å². The third-order valence-corrected chi connectivity index (χ3v) is 6.21. The molecule has 2 aromatic rings. The van der Waals surface area contributed by atoms with Gasteiger partial charge in [-0.3, -0.25) is 9.69 Å². The fourth-order valence-corrected chi connectivity index (χ4v) is 4.89. The van der Waals surface area contributed by atoms with Gasteiger partial charge in [0.15, 0.2) is 0 Å². The van der Waals surface area contributed by atoms with E-state index in [1.54, 1.807) is 13.2 Å². The fraction of sp³-hybridized carbons (Fsp3) is 0.545. The molecule has 0 amide bonds. The third kappa shape index (κ3) is 3.98. The summed E-state index contributed by atoms with van der Waals surface area (Å²) in [5.41, 5.74) is 1.03. The van der Waals surface area contributed by atoms with E-state index in [1.165, 1.54) is 22.7 Å². The third-order valence-electron chi connectivity index (χ3n) is 6.21. The van der Waals surface area contributed by atoms with Crippen molar-refractivity contribution < 1.29 is 9.84 Å². The topological polar surface area (TPSA) is 67.6 Å². The Morgan fingerprint density at radius 2 is 1.82 bits per heavy atom. The fourth-order valence-electron chi connectivity index (χ4n) is 4.89. The van der Waals surface area contributed by atoms with Crippen LogP contribution in [-0.4, -0.2) is 44.6 Å². The van der Waals surface area contributed by atoms with E-state index in [0.29, 0.717) is 24.9 Å². The number of hydrogen-bond acceptors (Lipinski definition) is 5. The zero-order valence-electron chi connectivity index (χ0n) is 16.7. The summed E-state index contributed by atoms with van der Waals surface area (Å²) in [6.45, 7) is 3.03. The van der Waals surface area contributed by atoms with Crippen molar-refractivity contribution in [2.24, 2.45) is 0 Å². The van der Waals surface area contributed by atoms with Crippen LogP contribution in [0.3, 0.4) is 0 Å². The Balaban J connectivity index is 1.50. The number of aromatic nitrogens is 2. The molecule has 1 aromatic carbocycles. The van der Waals surface area contributed by atoms with Gasteiger partial charge < -0.3 is 9.84 Å². The molecule has 1 unspecified atom stereocenters. The molecular formula is C22H29N3O3. The molecule has 2 aliphatic heterocycles. The van der Waals surface area contributed by atoms with Gasteiger partial charge in [0.2, 0.25) is 0 Å². The highest BCUT2D eigenvalue weighted by Crippen LogP contribution is 2.40. The maximum atomic E-state index is 12.2. The van der Waals surface area contributed by atoms with Gasteiger partial charge >= 0.3 is 0 Å².